The standard InChI is InChI=1S/C3H6O2.C2H4O2.Cd.2ClH.NO3.3Na.H2O2.Pb.3H/c1-2-3(4)5;1-2(3)4;;;;2-1(3)4;;;;1-2;;;;/h2H2,1H3,(H,4,5);1H3,(H,3,4);;2*1H;;;;;1-2H;;;;/q;;;;;-1;3*+1;;+2;3*-1. The summed E-state index contributed by atoms with van der Waals surface area (Å²) in [4.78, 5) is 26.6. The summed E-state index contributed by atoms with van der Waals surface area (Å²) in [5, 5.41) is 41.9. The maximum Gasteiger partial charge on any atom is 2.00 e. The second-order valence-corrected chi connectivity index (χ2v) is 1.49. The van der Waals surface area contributed by atoms with Crippen LogP contribution in [0.25, 0.3) is 0 Å². The third kappa shape index (κ3) is 395. The maximum absolute atomic E-state index is 9.37. The number of nitrogens with zero attached hydrogens (tertiary/aromatic N) is 1. The van der Waals surface area contributed by atoms with Gasteiger partial charge in [-0.15, -0.1) is 24.8 Å². The zero-order valence-corrected chi connectivity index (χ0v) is 28.6. The van der Waals surface area contributed by atoms with E-state index in [2.05, 4.69) is 0 Å². The molecule has 22 heavy (non-hydrogen) atoms. The predicted molar refractivity (Wildman–Crippen MR) is 70.4 cm³/mol. The normalized spacial score (nSPS) is 4.18. The van der Waals surface area contributed by atoms with Crippen molar-refractivity contribution in [3.63, 3.8) is 0 Å². The minimum absolute atomic E-state index is 0. The van der Waals surface area contributed by atoms with Gasteiger partial charge in [-0.2, -0.15) is 0 Å². The molecule has 0 spiro atoms. The molecule has 0 fully saturated rings. The number of hydrogen-bond donors (Lipinski definition) is 4. The van der Waals surface area contributed by atoms with E-state index in [1.165, 1.54) is 0 Å². The van der Waals surface area contributed by atoms with E-state index in [1.807, 2.05) is 0 Å². The van der Waals surface area contributed by atoms with E-state index >= 15 is 0 Å². The summed E-state index contributed by atoms with van der Waals surface area (Å²) in [6.07, 6.45) is 0.222. The largest absolute Gasteiger partial charge is 2.00 e. The Morgan fingerprint density at radius 3 is 1.09 bits per heavy atom. The first kappa shape index (κ1) is 72.8. The van der Waals surface area contributed by atoms with Crippen molar-refractivity contribution in [2.24, 2.45) is 0 Å². The number of halogens is 2. The molecule has 0 aliphatic carbocycles. The smallest absolute Gasteiger partial charge is 1.00 e. The molecule has 0 aromatic rings. The van der Waals surface area contributed by atoms with Gasteiger partial charge in [-0.3, -0.25) is 20.1 Å². The second-order valence-electron chi connectivity index (χ2n) is 1.49. The molecule has 118 valence electrons. The van der Waals surface area contributed by atoms with Crippen LogP contribution in [0.2, 0.25) is 0 Å². The van der Waals surface area contributed by atoms with Crippen LogP contribution < -0.4 is 88.7 Å². The molecule has 0 atom stereocenters. The molecule has 0 heterocycles. The van der Waals surface area contributed by atoms with Gasteiger partial charge in [-0.25, -0.2) is 0 Å². The van der Waals surface area contributed by atoms with Gasteiger partial charge < -0.3 is 29.8 Å². The van der Waals surface area contributed by atoms with Gasteiger partial charge in [0.25, 0.3) is 5.97 Å². The summed E-state index contributed by atoms with van der Waals surface area (Å²) in [7, 11) is 0. The molecule has 10 nitrogen and oxygen atoms in total. The molecule has 4 N–H and O–H groups in total. The van der Waals surface area contributed by atoms with Gasteiger partial charge in [0.05, 0.1) is 5.09 Å². The Hall–Kier alpha value is 3.48. The Kier molecular flexibility index (Phi) is 246. The van der Waals surface area contributed by atoms with Crippen LogP contribution in [0.15, 0.2) is 0 Å². The van der Waals surface area contributed by atoms with E-state index in [0.717, 1.165) is 6.92 Å². The number of carboxylic acids is 2. The van der Waals surface area contributed by atoms with Gasteiger partial charge in [0.2, 0.25) is 0 Å². The molecule has 0 saturated heterocycles. The molecule has 0 rings (SSSR count). The maximum atomic E-state index is 9.37. The Morgan fingerprint density at radius 1 is 1.05 bits per heavy atom. The van der Waals surface area contributed by atoms with Crippen LogP contribution in [0.3, 0.4) is 0 Å². The van der Waals surface area contributed by atoms with Crippen LogP contribution in [0.1, 0.15) is 24.5 Å². The summed E-state index contributed by atoms with van der Waals surface area (Å²) < 4.78 is 0. The molecule has 17 heteroatoms. The van der Waals surface area contributed by atoms with Crippen molar-refractivity contribution >= 4 is 64.1 Å². The molecular weight excluding hydrogens is 678 g/mol. The molecular formula is C5H17CdCl2NNa3O9Pb+. The summed E-state index contributed by atoms with van der Waals surface area (Å²) >= 11 is 0. The van der Waals surface area contributed by atoms with E-state index in [-0.39, 0.29) is 179 Å². The van der Waals surface area contributed by atoms with E-state index in [4.69, 9.17) is 40.8 Å². The molecule has 0 saturated carbocycles. The Morgan fingerprint density at radius 2 is 1.09 bits per heavy atom. The van der Waals surface area contributed by atoms with Crippen LogP contribution in [0.4, 0.5) is 0 Å². The first-order valence-corrected chi connectivity index (χ1v) is 3.16. The zero-order valence-electron chi connectivity index (χ0n) is 16.0. The fourth-order valence-electron chi connectivity index (χ4n) is 0. The average Bonchev–Trinajstić information content (AvgIpc) is 2.06. The molecule has 0 aromatic heterocycles. The first-order valence-electron chi connectivity index (χ1n) is 3.16. The van der Waals surface area contributed by atoms with Crippen LogP contribution in [-0.2, 0) is 36.9 Å². The van der Waals surface area contributed by atoms with Crippen LogP contribution >= 0.6 is 24.8 Å². The van der Waals surface area contributed by atoms with Crippen molar-refractivity contribution in [1.29, 1.82) is 0 Å². The number of aliphatic carboxylic acids is 2. The van der Waals surface area contributed by atoms with Gasteiger partial charge in [0.1, 0.15) is 0 Å². The van der Waals surface area contributed by atoms with Gasteiger partial charge in [-0.05, 0) is 0 Å². The molecule has 0 bridgehead atoms. The minimum Gasteiger partial charge on any atom is -1.00 e. The summed E-state index contributed by atoms with van der Waals surface area (Å²) in [6, 6.07) is 0. The van der Waals surface area contributed by atoms with Crippen molar-refractivity contribution in [2.45, 2.75) is 20.3 Å². The number of carboxylic acid groups (broad SMARTS) is 2. The van der Waals surface area contributed by atoms with Crippen molar-refractivity contribution in [3.8, 4) is 0 Å². The van der Waals surface area contributed by atoms with E-state index in [1.54, 1.807) is 6.92 Å². The summed E-state index contributed by atoms with van der Waals surface area (Å²) in [5.41, 5.74) is 0. The topological polar surface area (TPSA) is 181 Å². The van der Waals surface area contributed by atoms with Crippen molar-refractivity contribution in [1.82, 2.24) is 0 Å². The van der Waals surface area contributed by atoms with Gasteiger partial charge >= 0.3 is 122 Å². The SMILES string of the molecule is CC(=O)O.CCC(=O)O.Cl.Cl.O=[N+]([O-])[O-].OO.[Cd].[H-].[H-].[H-].[Na+].[Na+].[Na+].[Pb+2]. The first-order chi connectivity index (χ1) is 6.73. The van der Waals surface area contributed by atoms with E-state index in [0.29, 0.717) is 0 Å². The molecule has 0 aliphatic rings. The fourth-order valence-corrected chi connectivity index (χ4v) is 0. The average molecular weight is 695 g/mol. The minimum atomic E-state index is -1.75. The quantitative estimate of drug-likeness (QED) is 0.0898. The van der Waals surface area contributed by atoms with Crippen LogP contribution in [-0.4, -0.2) is 65.1 Å². The van der Waals surface area contributed by atoms with Crippen LogP contribution in [0.5, 0.6) is 0 Å². The Bertz CT molecular complexity index is 194. The Balaban J connectivity index is -0.00000000485. The summed E-state index contributed by atoms with van der Waals surface area (Å²) in [6.45, 7) is 2.68. The van der Waals surface area contributed by atoms with Crippen molar-refractivity contribution in [3.05, 3.63) is 15.3 Å². The van der Waals surface area contributed by atoms with E-state index < -0.39 is 17.0 Å². The zero-order chi connectivity index (χ0) is 13.4. The number of hydrogen-bond acceptors (Lipinski definition) is 7. The van der Waals surface area contributed by atoms with Crippen molar-refractivity contribution in [2.75, 3.05) is 0 Å². The van der Waals surface area contributed by atoms with Gasteiger partial charge in [0.15, 0.2) is 0 Å². The monoisotopic (exact) mass is 696 g/mol. The second kappa shape index (κ2) is 74.3. The number of carbonyl (C=O) groups is 2. The molecule has 0 aromatic carbocycles. The predicted octanol–water partition coefficient (Wildman–Crippen LogP) is -7.84. The third-order valence-electron chi connectivity index (χ3n) is 0.302. The molecule has 0 aliphatic heterocycles. The van der Waals surface area contributed by atoms with Crippen molar-refractivity contribution < 1.29 is 156 Å². The Labute approximate surface area is 251 Å². The van der Waals surface area contributed by atoms with Gasteiger partial charge in [0, 0.05) is 40.6 Å². The fraction of sp³-hybridized carbons (Fsp3) is 0.600. The summed E-state index contributed by atoms with van der Waals surface area (Å²) in [5.74, 6) is -1.58. The third-order valence-corrected chi connectivity index (χ3v) is 0.302. The molecule has 0 amide bonds. The molecule has 2 radical (unpaired) electrons. The van der Waals surface area contributed by atoms with Crippen LogP contribution in [0, 0.1) is 15.3 Å². The number of rotatable bonds is 1. The van der Waals surface area contributed by atoms with Gasteiger partial charge in [-0.1, -0.05) is 6.92 Å². The van der Waals surface area contributed by atoms with E-state index in [9.17, 15) is 4.79 Å². The molecule has 0 unspecified atom stereocenters.